The second kappa shape index (κ2) is 8.98. The first-order valence-corrected chi connectivity index (χ1v) is 8.59. The summed E-state index contributed by atoms with van der Waals surface area (Å²) in [4.78, 5) is 0. The molecule has 2 nitrogen and oxygen atoms in total. The molecule has 0 bridgehead atoms. The third-order valence-corrected chi connectivity index (χ3v) is 7.75. The van der Waals surface area contributed by atoms with Gasteiger partial charge in [-0.05, 0) is 31.0 Å². The molecule has 0 amide bonds. The Morgan fingerprint density at radius 3 is 2.27 bits per heavy atom. The SMILES string of the molecule is CCC=COCCC[Si](CC)(CC)OC. The van der Waals surface area contributed by atoms with Gasteiger partial charge in [-0.25, -0.2) is 0 Å². The topological polar surface area (TPSA) is 18.5 Å². The van der Waals surface area contributed by atoms with Crippen LogP contribution < -0.4 is 0 Å². The standard InChI is InChI=1S/C12H26O2Si/c1-5-8-10-14-11-9-12-15(6-2,7-3)13-4/h8,10H,5-7,9,11-12H2,1-4H3. The Labute approximate surface area is 95.8 Å². The van der Waals surface area contributed by atoms with Gasteiger partial charge in [-0.1, -0.05) is 26.8 Å². The number of ether oxygens (including phenoxy) is 1. The molecule has 3 heteroatoms. The zero-order chi connectivity index (χ0) is 11.6. The molecule has 0 aromatic carbocycles. The van der Waals surface area contributed by atoms with E-state index in [9.17, 15) is 0 Å². The van der Waals surface area contributed by atoms with Crippen LogP contribution in [0.5, 0.6) is 0 Å². The van der Waals surface area contributed by atoms with Gasteiger partial charge in [-0.3, -0.25) is 0 Å². The lowest BCUT2D eigenvalue weighted by Gasteiger charge is -2.26. The maximum atomic E-state index is 5.73. The van der Waals surface area contributed by atoms with E-state index < -0.39 is 8.32 Å². The molecule has 0 aliphatic carbocycles. The van der Waals surface area contributed by atoms with Crippen LogP contribution in [0.15, 0.2) is 12.3 Å². The smallest absolute Gasteiger partial charge is 0.191 e. The summed E-state index contributed by atoms with van der Waals surface area (Å²) in [7, 11) is 0.482. The van der Waals surface area contributed by atoms with Crippen LogP contribution in [0.1, 0.15) is 33.6 Å². The van der Waals surface area contributed by atoms with Crippen LogP contribution >= 0.6 is 0 Å². The lowest BCUT2D eigenvalue weighted by Crippen LogP contribution is -2.35. The number of hydrogen-bond donors (Lipinski definition) is 0. The highest BCUT2D eigenvalue weighted by molar-refractivity contribution is 6.73. The molecule has 0 fully saturated rings. The van der Waals surface area contributed by atoms with Crippen LogP contribution in [0.25, 0.3) is 0 Å². The Kier molecular flexibility index (Phi) is 8.81. The first-order valence-electron chi connectivity index (χ1n) is 6.06. The molecule has 0 saturated carbocycles. The first kappa shape index (κ1) is 14.7. The van der Waals surface area contributed by atoms with Crippen LogP contribution in [-0.2, 0) is 9.16 Å². The first-order chi connectivity index (χ1) is 7.24. The average molecular weight is 230 g/mol. The molecule has 0 N–H and O–H groups in total. The van der Waals surface area contributed by atoms with Gasteiger partial charge in [0, 0.05) is 7.11 Å². The monoisotopic (exact) mass is 230 g/mol. The maximum absolute atomic E-state index is 5.73. The van der Waals surface area contributed by atoms with Crippen molar-refractivity contribution < 1.29 is 9.16 Å². The zero-order valence-corrected chi connectivity index (χ0v) is 11.7. The van der Waals surface area contributed by atoms with Crippen LogP contribution in [-0.4, -0.2) is 22.0 Å². The van der Waals surface area contributed by atoms with E-state index in [0.29, 0.717) is 0 Å². The van der Waals surface area contributed by atoms with Crippen molar-refractivity contribution in [1.82, 2.24) is 0 Å². The van der Waals surface area contributed by atoms with Crippen LogP contribution in [0, 0.1) is 0 Å². The predicted octanol–water partition coefficient (Wildman–Crippen LogP) is 3.95. The van der Waals surface area contributed by atoms with E-state index in [0.717, 1.165) is 19.4 Å². The van der Waals surface area contributed by atoms with Gasteiger partial charge in [-0.15, -0.1) is 0 Å². The van der Waals surface area contributed by atoms with Gasteiger partial charge in [0.15, 0.2) is 8.32 Å². The Balaban J connectivity index is 3.67. The lowest BCUT2D eigenvalue weighted by molar-refractivity contribution is 0.246. The fourth-order valence-electron chi connectivity index (χ4n) is 1.70. The fourth-order valence-corrected chi connectivity index (χ4v) is 4.48. The van der Waals surface area contributed by atoms with Crippen molar-refractivity contribution in [3.05, 3.63) is 12.3 Å². The summed E-state index contributed by atoms with van der Waals surface area (Å²) in [6.07, 6.45) is 6.02. The van der Waals surface area contributed by atoms with Gasteiger partial charge in [0.25, 0.3) is 0 Å². The molecule has 0 atom stereocenters. The van der Waals surface area contributed by atoms with Crippen molar-refractivity contribution in [2.75, 3.05) is 13.7 Å². The van der Waals surface area contributed by atoms with Gasteiger partial charge < -0.3 is 9.16 Å². The highest BCUT2D eigenvalue weighted by atomic mass is 28.4. The summed E-state index contributed by atoms with van der Waals surface area (Å²) >= 11 is 0. The van der Waals surface area contributed by atoms with E-state index in [-0.39, 0.29) is 0 Å². The molecule has 0 aromatic rings. The molecule has 0 rings (SSSR count). The highest BCUT2D eigenvalue weighted by Crippen LogP contribution is 2.22. The van der Waals surface area contributed by atoms with E-state index in [1.165, 1.54) is 18.1 Å². The molecule has 0 heterocycles. The maximum Gasteiger partial charge on any atom is 0.191 e. The second-order valence-corrected chi connectivity index (χ2v) is 8.54. The third-order valence-electron chi connectivity index (χ3n) is 3.04. The minimum atomic E-state index is -1.39. The second-order valence-electron chi connectivity index (χ2n) is 3.85. The van der Waals surface area contributed by atoms with Gasteiger partial charge in [0.2, 0.25) is 0 Å². The summed E-state index contributed by atoms with van der Waals surface area (Å²) in [5, 5.41) is 0. The normalized spacial score (nSPS) is 12.3. The molecule has 0 aromatic heterocycles. The third kappa shape index (κ3) is 6.00. The van der Waals surface area contributed by atoms with E-state index in [1.807, 2.05) is 19.4 Å². The van der Waals surface area contributed by atoms with Gasteiger partial charge in [0.05, 0.1) is 12.9 Å². The van der Waals surface area contributed by atoms with Gasteiger partial charge in [0.1, 0.15) is 0 Å². The van der Waals surface area contributed by atoms with Crippen molar-refractivity contribution >= 4 is 8.32 Å². The van der Waals surface area contributed by atoms with Crippen molar-refractivity contribution in [2.24, 2.45) is 0 Å². The molecular weight excluding hydrogens is 204 g/mol. The quantitative estimate of drug-likeness (QED) is 0.339. The molecule has 0 aliphatic rings. The van der Waals surface area contributed by atoms with Gasteiger partial charge in [-0.2, -0.15) is 0 Å². The number of allylic oxidation sites excluding steroid dienone is 1. The zero-order valence-electron chi connectivity index (χ0n) is 10.7. The Morgan fingerprint density at radius 1 is 1.13 bits per heavy atom. The molecule has 90 valence electrons. The van der Waals surface area contributed by atoms with Crippen LogP contribution in [0.4, 0.5) is 0 Å². The van der Waals surface area contributed by atoms with Crippen LogP contribution in [0.3, 0.4) is 0 Å². The summed E-state index contributed by atoms with van der Waals surface area (Å²) in [6, 6.07) is 3.64. The van der Waals surface area contributed by atoms with Crippen molar-refractivity contribution in [2.45, 2.75) is 51.7 Å². The summed E-state index contributed by atoms with van der Waals surface area (Å²) < 4.78 is 11.1. The Bertz CT molecular complexity index is 157. The fraction of sp³-hybridized carbons (Fsp3) is 0.833. The minimum Gasteiger partial charge on any atom is -0.502 e. The van der Waals surface area contributed by atoms with Crippen molar-refractivity contribution in [3.8, 4) is 0 Å². The summed E-state index contributed by atoms with van der Waals surface area (Å²) in [5.41, 5.74) is 0. The predicted molar refractivity (Wildman–Crippen MR) is 68.5 cm³/mol. The Hall–Kier alpha value is -0.283. The molecular formula is C12H26O2Si. The van der Waals surface area contributed by atoms with E-state index in [4.69, 9.17) is 9.16 Å². The number of rotatable bonds is 9. The lowest BCUT2D eigenvalue weighted by atomic mass is 10.5. The Morgan fingerprint density at radius 2 is 1.80 bits per heavy atom. The van der Waals surface area contributed by atoms with E-state index in [1.54, 1.807) is 0 Å². The van der Waals surface area contributed by atoms with Crippen molar-refractivity contribution in [1.29, 1.82) is 0 Å². The van der Waals surface area contributed by atoms with E-state index in [2.05, 4.69) is 20.8 Å². The van der Waals surface area contributed by atoms with Crippen molar-refractivity contribution in [3.63, 3.8) is 0 Å². The molecule has 0 saturated heterocycles. The molecule has 0 unspecified atom stereocenters. The van der Waals surface area contributed by atoms with Gasteiger partial charge >= 0.3 is 0 Å². The largest absolute Gasteiger partial charge is 0.502 e. The van der Waals surface area contributed by atoms with Crippen LogP contribution in [0.2, 0.25) is 18.1 Å². The van der Waals surface area contributed by atoms with E-state index >= 15 is 0 Å². The minimum absolute atomic E-state index is 0.828. The average Bonchev–Trinajstić information content (AvgIpc) is 2.29. The summed E-state index contributed by atoms with van der Waals surface area (Å²) in [5.74, 6) is 0. The molecule has 0 aliphatic heterocycles. The highest BCUT2D eigenvalue weighted by Gasteiger charge is 2.28. The summed E-state index contributed by atoms with van der Waals surface area (Å²) in [6.45, 7) is 7.43. The molecule has 0 radical (unpaired) electrons. The number of hydrogen-bond acceptors (Lipinski definition) is 2. The molecule has 15 heavy (non-hydrogen) atoms. The molecule has 0 spiro atoms.